The summed E-state index contributed by atoms with van der Waals surface area (Å²) in [6, 6.07) is 14.3. The highest BCUT2D eigenvalue weighted by Gasteiger charge is 2.28. The molecule has 0 amide bonds. The zero-order valence-electron chi connectivity index (χ0n) is 20.7. The number of rotatable bonds is 14. The first-order valence-electron chi connectivity index (χ1n) is 12.9. The second-order valence-electron chi connectivity index (χ2n) is 9.50. The van der Waals surface area contributed by atoms with Gasteiger partial charge in [-0.2, -0.15) is 22.7 Å². The minimum Gasteiger partial charge on any atom is -0.158 e. The van der Waals surface area contributed by atoms with Gasteiger partial charge in [-0.3, -0.25) is 0 Å². The molecule has 3 heteroatoms. The zero-order valence-corrected chi connectivity index (χ0v) is 22.3. The first kappa shape index (κ1) is 25.3. The number of aryl methyl sites for hydroxylation is 2. The number of thiophene rings is 2. The molecular weight excluding hydrogens is 423 g/mol. The molecule has 0 fully saturated rings. The van der Waals surface area contributed by atoms with Gasteiger partial charge in [0.05, 0.1) is 0 Å². The molecule has 0 atom stereocenters. The maximum atomic E-state index is 2.40. The Balaban J connectivity index is 1.92. The third-order valence-electron chi connectivity index (χ3n) is 6.62. The first-order valence-corrected chi connectivity index (χ1v) is 14.6. The summed E-state index contributed by atoms with van der Waals surface area (Å²) < 4.78 is 3.16. The third kappa shape index (κ3) is 6.84. The highest BCUT2D eigenvalue weighted by atomic mass is 32.1. The SMILES string of the molecule is CCCCCCc1ccsc1B(c1ccc(C(C)C)cc1)c1sccc1CCCCCC. The van der Waals surface area contributed by atoms with Crippen molar-refractivity contribution in [3.05, 3.63) is 63.8 Å². The molecule has 0 spiro atoms. The number of benzene rings is 1. The highest BCUT2D eigenvalue weighted by Crippen LogP contribution is 2.18. The molecule has 2 aromatic heterocycles. The average Bonchev–Trinajstić information content (AvgIpc) is 3.45. The molecule has 0 saturated heterocycles. The van der Waals surface area contributed by atoms with Crippen LogP contribution in [-0.4, -0.2) is 6.71 Å². The topological polar surface area (TPSA) is 0 Å². The van der Waals surface area contributed by atoms with Crippen LogP contribution in [0.3, 0.4) is 0 Å². The Bertz CT molecular complexity index is 853. The van der Waals surface area contributed by atoms with Crippen molar-refractivity contribution in [3.8, 4) is 0 Å². The van der Waals surface area contributed by atoms with Gasteiger partial charge in [0.15, 0.2) is 0 Å². The Kier molecular flexibility index (Phi) is 10.6. The Morgan fingerprint density at radius 3 is 1.59 bits per heavy atom. The van der Waals surface area contributed by atoms with E-state index in [9.17, 15) is 0 Å². The molecule has 0 bridgehead atoms. The molecule has 0 nitrogen and oxygen atoms in total. The minimum absolute atomic E-state index is 0.388. The van der Waals surface area contributed by atoms with Crippen molar-refractivity contribution in [1.29, 1.82) is 0 Å². The van der Waals surface area contributed by atoms with E-state index in [2.05, 4.69) is 74.9 Å². The Labute approximate surface area is 205 Å². The fourth-order valence-corrected chi connectivity index (χ4v) is 6.85. The Hall–Kier alpha value is -1.32. The Morgan fingerprint density at radius 2 is 1.16 bits per heavy atom. The van der Waals surface area contributed by atoms with Gasteiger partial charge in [-0.05, 0) is 80.7 Å². The van der Waals surface area contributed by atoms with Gasteiger partial charge >= 0.3 is 0 Å². The second kappa shape index (κ2) is 13.4. The molecule has 3 rings (SSSR count). The summed E-state index contributed by atoms with van der Waals surface area (Å²) >= 11 is 3.94. The lowest BCUT2D eigenvalue weighted by Gasteiger charge is -2.17. The molecule has 0 aliphatic carbocycles. The standard InChI is InChI=1S/C29H41BS2/c1-5-7-9-11-13-25-19-21-31-28(25)30(27-17-15-24(16-18-27)23(3)4)29-26(20-22-32-29)14-12-10-8-6-2/h15-23H,5-14H2,1-4H3. The quantitative estimate of drug-likeness (QED) is 0.169. The van der Waals surface area contributed by atoms with E-state index in [1.165, 1.54) is 75.2 Å². The van der Waals surface area contributed by atoms with E-state index in [1.807, 2.05) is 22.7 Å². The van der Waals surface area contributed by atoms with Gasteiger partial charge < -0.3 is 0 Å². The van der Waals surface area contributed by atoms with Crippen molar-refractivity contribution in [2.45, 2.75) is 97.8 Å². The average molecular weight is 465 g/mol. The van der Waals surface area contributed by atoms with E-state index in [-0.39, 0.29) is 0 Å². The van der Waals surface area contributed by atoms with Crippen LogP contribution in [0.1, 0.15) is 102 Å². The molecular formula is C29H41BS2. The van der Waals surface area contributed by atoms with E-state index in [0.29, 0.717) is 12.6 Å². The van der Waals surface area contributed by atoms with Crippen molar-refractivity contribution in [2.24, 2.45) is 0 Å². The summed E-state index contributed by atoms with van der Waals surface area (Å²) in [5, 5.41) is 4.66. The van der Waals surface area contributed by atoms with E-state index in [4.69, 9.17) is 0 Å². The Morgan fingerprint density at radius 1 is 0.656 bits per heavy atom. The van der Waals surface area contributed by atoms with Gasteiger partial charge in [0, 0.05) is 0 Å². The largest absolute Gasteiger partial charge is 0.267 e. The lowest BCUT2D eigenvalue weighted by Crippen LogP contribution is -2.52. The van der Waals surface area contributed by atoms with Gasteiger partial charge in [0.2, 0.25) is 0 Å². The summed E-state index contributed by atoms with van der Waals surface area (Å²) in [7, 11) is 0. The number of hydrogen-bond acceptors (Lipinski definition) is 2. The lowest BCUT2D eigenvalue weighted by atomic mass is 9.41. The van der Waals surface area contributed by atoms with Crippen molar-refractivity contribution < 1.29 is 0 Å². The molecule has 0 saturated carbocycles. The fourth-order valence-electron chi connectivity index (χ4n) is 4.59. The van der Waals surface area contributed by atoms with Crippen LogP contribution in [-0.2, 0) is 12.8 Å². The van der Waals surface area contributed by atoms with E-state index in [1.54, 1.807) is 20.7 Å². The summed E-state index contributed by atoms with van der Waals surface area (Å²) in [6.45, 7) is 9.55. The molecule has 1 aromatic carbocycles. The van der Waals surface area contributed by atoms with Gasteiger partial charge in [-0.1, -0.05) is 95.9 Å². The summed E-state index contributed by atoms with van der Waals surface area (Å²) in [5.41, 5.74) is 6.05. The first-order chi connectivity index (χ1) is 15.7. The smallest absolute Gasteiger partial charge is 0.158 e. The van der Waals surface area contributed by atoms with Crippen LogP contribution in [0.15, 0.2) is 47.2 Å². The summed E-state index contributed by atoms with van der Waals surface area (Å²) in [4.78, 5) is 0. The van der Waals surface area contributed by atoms with Crippen LogP contribution in [0, 0.1) is 0 Å². The highest BCUT2D eigenvalue weighted by molar-refractivity contribution is 7.33. The van der Waals surface area contributed by atoms with Crippen LogP contribution in [0.25, 0.3) is 0 Å². The van der Waals surface area contributed by atoms with E-state index in [0.717, 1.165) is 0 Å². The molecule has 2 heterocycles. The van der Waals surface area contributed by atoms with Crippen LogP contribution in [0.4, 0.5) is 0 Å². The summed E-state index contributed by atoms with van der Waals surface area (Å²) in [5.74, 6) is 0.578. The van der Waals surface area contributed by atoms with Gasteiger partial charge in [0.1, 0.15) is 0 Å². The predicted molar refractivity (Wildman–Crippen MR) is 150 cm³/mol. The van der Waals surface area contributed by atoms with Crippen molar-refractivity contribution in [2.75, 3.05) is 0 Å². The van der Waals surface area contributed by atoms with Gasteiger partial charge in [-0.25, -0.2) is 0 Å². The molecule has 0 radical (unpaired) electrons. The molecule has 0 aliphatic rings. The lowest BCUT2D eigenvalue weighted by molar-refractivity contribution is 0.668. The van der Waals surface area contributed by atoms with Crippen LogP contribution in [0.5, 0.6) is 0 Å². The molecule has 0 aliphatic heterocycles. The minimum atomic E-state index is 0.388. The van der Waals surface area contributed by atoms with Crippen LogP contribution >= 0.6 is 22.7 Å². The van der Waals surface area contributed by atoms with Crippen LogP contribution < -0.4 is 15.0 Å². The maximum Gasteiger partial charge on any atom is 0.267 e. The molecule has 32 heavy (non-hydrogen) atoms. The monoisotopic (exact) mass is 464 g/mol. The van der Waals surface area contributed by atoms with E-state index < -0.39 is 0 Å². The van der Waals surface area contributed by atoms with Crippen molar-refractivity contribution in [1.82, 2.24) is 0 Å². The fraction of sp³-hybridized carbons (Fsp3) is 0.517. The molecule has 0 unspecified atom stereocenters. The molecule has 0 N–H and O–H groups in total. The maximum absolute atomic E-state index is 2.40. The zero-order chi connectivity index (χ0) is 22.8. The predicted octanol–water partition coefficient (Wildman–Crippen LogP) is 7.69. The van der Waals surface area contributed by atoms with Gasteiger partial charge in [0.25, 0.3) is 6.71 Å². The number of unbranched alkanes of at least 4 members (excludes halogenated alkanes) is 6. The van der Waals surface area contributed by atoms with Gasteiger partial charge in [-0.15, -0.1) is 0 Å². The van der Waals surface area contributed by atoms with Crippen molar-refractivity contribution >= 4 is 44.4 Å². The second-order valence-corrected chi connectivity index (χ2v) is 11.4. The summed E-state index contributed by atoms with van der Waals surface area (Å²) in [6.07, 6.45) is 13.1. The van der Waals surface area contributed by atoms with Crippen LogP contribution in [0.2, 0.25) is 0 Å². The van der Waals surface area contributed by atoms with E-state index >= 15 is 0 Å². The third-order valence-corrected chi connectivity index (χ3v) is 8.67. The number of hydrogen-bond donors (Lipinski definition) is 0. The normalized spacial score (nSPS) is 11.4. The molecule has 172 valence electrons. The molecule has 3 aromatic rings. The van der Waals surface area contributed by atoms with Crippen molar-refractivity contribution in [3.63, 3.8) is 0 Å².